The molecule has 0 saturated heterocycles. The Balaban J connectivity index is 1.77. The van der Waals surface area contributed by atoms with Crippen LogP contribution in [0.5, 0.6) is 0 Å². The number of aryl methyl sites for hydroxylation is 4. The number of fused-ring (bicyclic) bond motifs is 1. The van der Waals surface area contributed by atoms with Gasteiger partial charge in [0.1, 0.15) is 0 Å². The molecule has 2 aromatic rings. The molecule has 3 rings (SSSR count). The summed E-state index contributed by atoms with van der Waals surface area (Å²) in [5.74, 6) is 0.274. The highest BCUT2D eigenvalue weighted by atomic mass is 32.1. The molecule has 0 radical (unpaired) electrons. The lowest BCUT2D eigenvalue weighted by Crippen LogP contribution is -2.01. The van der Waals surface area contributed by atoms with Crippen molar-refractivity contribution in [2.75, 3.05) is 0 Å². The predicted octanol–water partition coefficient (Wildman–Crippen LogP) is 5.06. The van der Waals surface area contributed by atoms with E-state index in [1.807, 2.05) is 0 Å². The van der Waals surface area contributed by atoms with Crippen molar-refractivity contribution in [1.82, 2.24) is 0 Å². The lowest BCUT2D eigenvalue weighted by atomic mass is 10.0. The minimum Gasteiger partial charge on any atom is -0.293 e. The maximum absolute atomic E-state index is 12.5. The van der Waals surface area contributed by atoms with Gasteiger partial charge in [-0.25, -0.2) is 0 Å². The average Bonchev–Trinajstić information content (AvgIpc) is 2.74. The molecule has 1 heterocycles. The van der Waals surface area contributed by atoms with E-state index in [1.165, 1.54) is 40.8 Å². The first-order chi connectivity index (χ1) is 10.1. The molecular formula is C19H22OS. The lowest BCUT2D eigenvalue weighted by molar-refractivity contribution is 0.0997. The fourth-order valence-corrected chi connectivity index (χ4v) is 4.18. The summed E-state index contributed by atoms with van der Waals surface area (Å²) in [6, 6.07) is 8.50. The van der Waals surface area contributed by atoms with E-state index in [-0.39, 0.29) is 5.78 Å². The van der Waals surface area contributed by atoms with Crippen LogP contribution in [0.2, 0.25) is 0 Å². The van der Waals surface area contributed by atoms with Crippen LogP contribution in [-0.4, -0.2) is 5.78 Å². The van der Waals surface area contributed by atoms with E-state index in [1.54, 1.807) is 11.3 Å². The second kappa shape index (κ2) is 6.15. The minimum absolute atomic E-state index is 0.274. The summed E-state index contributed by atoms with van der Waals surface area (Å²) in [7, 11) is 0. The van der Waals surface area contributed by atoms with Gasteiger partial charge in [-0.2, -0.15) is 0 Å². The van der Waals surface area contributed by atoms with Crippen LogP contribution in [0.15, 0.2) is 24.3 Å². The number of rotatable bonds is 3. The molecule has 2 heteroatoms. The summed E-state index contributed by atoms with van der Waals surface area (Å²) in [5, 5.41) is 0. The Kier molecular flexibility index (Phi) is 4.25. The van der Waals surface area contributed by atoms with E-state index in [0.717, 1.165) is 23.3 Å². The van der Waals surface area contributed by atoms with Crippen molar-refractivity contribution in [1.29, 1.82) is 0 Å². The molecule has 0 saturated carbocycles. The highest BCUT2D eigenvalue weighted by molar-refractivity contribution is 7.14. The van der Waals surface area contributed by atoms with Crippen LogP contribution < -0.4 is 0 Å². The van der Waals surface area contributed by atoms with Gasteiger partial charge in [0.25, 0.3) is 0 Å². The predicted molar refractivity (Wildman–Crippen MR) is 89.5 cm³/mol. The number of Topliss-reactive ketones (excluding diaryl/α,β-unsaturated/α-hetero) is 1. The summed E-state index contributed by atoms with van der Waals surface area (Å²) in [6.07, 6.45) is 6.72. The summed E-state index contributed by atoms with van der Waals surface area (Å²) in [6.45, 7) is 4.22. The Hall–Kier alpha value is -1.41. The molecule has 1 aliphatic rings. The maximum atomic E-state index is 12.5. The van der Waals surface area contributed by atoms with Crippen LogP contribution >= 0.6 is 11.3 Å². The van der Waals surface area contributed by atoms with Gasteiger partial charge in [-0.05, 0) is 67.9 Å². The largest absolute Gasteiger partial charge is 0.293 e. The Morgan fingerprint density at radius 1 is 1.05 bits per heavy atom. The zero-order chi connectivity index (χ0) is 14.8. The molecule has 1 aromatic heterocycles. The highest BCUT2D eigenvalue weighted by Gasteiger charge is 2.16. The minimum atomic E-state index is 0.274. The van der Waals surface area contributed by atoms with Gasteiger partial charge in [-0.15, -0.1) is 11.3 Å². The molecule has 21 heavy (non-hydrogen) atoms. The first kappa shape index (κ1) is 14.5. The van der Waals surface area contributed by atoms with Gasteiger partial charge in [0, 0.05) is 11.3 Å². The Bertz CT molecular complexity index is 643. The number of carbonyl (C=O) groups is 1. The number of hydrogen-bond donors (Lipinski definition) is 0. The standard InChI is InChI=1S/C19H22OS/c1-13-8-9-15(10-14(13)2)11-17(20)19-12-16-6-4-3-5-7-18(16)21-19/h8-10,12H,3-7,11H2,1-2H3. The summed E-state index contributed by atoms with van der Waals surface area (Å²) in [4.78, 5) is 14.9. The van der Waals surface area contributed by atoms with Crippen molar-refractivity contribution >= 4 is 17.1 Å². The monoisotopic (exact) mass is 298 g/mol. The van der Waals surface area contributed by atoms with E-state index in [2.05, 4.69) is 38.1 Å². The van der Waals surface area contributed by atoms with E-state index < -0.39 is 0 Å². The number of hydrogen-bond acceptors (Lipinski definition) is 2. The number of benzene rings is 1. The zero-order valence-electron chi connectivity index (χ0n) is 12.9. The smallest absolute Gasteiger partial charge is 0.177 e. The number of thiophene rings is 1. The van der Waals surface area contributed by atoms with Crippen LogP contribution in [0.4, 0.5) is 0 Å². The second-order valence-electron chi connectivity index (χ2n) is 6.14. The van der Waals surface area contributed by atoms with Crippen molar-refractivity contribution in [3.8, 4) is 0 Å². The van der Waals surface area contributed by atoms with Gasteiger partial charge >= 0.3 is 0 Å². The van der Waals surface area contributed by atoms with E-state index >= 15 is 0 Å². The molecule has 0 unspecified atom stereocenters. The zero-order valence-corrected chi connectivity index (χ0v) is 13.7. The van der Waals surface area contributed by atoms with Crippen molar-refractivity contribution in [2.24, 2.45) is 0 Å². The highest BCUT2D eigenvalue weighted by Crippen LogP contribution is 2.29. The normalized spacial score (nSPS) is 14.6. The first-order valence-corrected chi connectivity index (χ1v) is 8.66. The molecule has 1 nitrogen and oxygen atoms in total. The fourth-order valence-electron chi connectivity index (χ4n) is 2.99. The maximum Gasteiger partial charge on any atom is 0.177 e. The SMILES string of the molecule is Cc1ccc(CC(=O)c2cc3c(s2)CCCCC3)cc1C. The van der Waals surface area contributed by atoms with Crippen LogP contribution in [0, 0.1) is 13.8 Å². The second-order valence-corrected chi connectivity index (χ2v) is 7.28. The van der Waals surface area contributed by atoms with Crippen LogP contribution in [0.25, 0.3) is 0 Å². The Morgan fingerprint density at radius 2 is 1.86 bits per heavy atom. The van der Waals surface area contributed by atoms with Crippen molar-refractivity contribution < 1.29 is 4.79 Å². The first-order valence-electron chi connectivity index (χ1n) is 7.84. The molecule has 0 aliphatic heterocycles. The molecule has 0 fully saturated rings. The Morgan fingerprint density at radius 3 is 2.67 bits per heavy atom. The number of ketones is 1. The lowest BCUT2D eigenvalue weighted by Gasteiger charge is -2.04. The summed E-state index contributed by atoms with van der Waals surface area (Å²) < 4.78 is 0. The Labute approximate surface area is 131 Å². The van der Waals surface area contributed by atoms with Crippen molar-refractivity contribution in [3.05, 3.63) is 56.3 Å². The van der Waals surface area contributed by atoms with Crippen molar-refractivity contribution in [2.45, 2.75) is 52.4 Å². The molecular weight excluding hydrogens is 276 g/mol. The van der Waals surface area contributed by atoms with E-state index in [0.29, 0.717) is 6.42 Å². The molecule has 0 spiro atoms. The third kappa shape index (κ3) is 3.26. The summed E-state index contributed by atoms with van der Waals surface area (Å²) in [5.41, 5.74) is 5.11. The molecule has 1 aliphatic carbocycles. The molecule has 0 atom stereocenters. The topological polar surface area (TPSA) is 17.1 Å². The van der Waals surface area contributed by atoms with Gasteiger partial charge in [-0.1, -0.05) is 24.6 Å². The van der Waals surface area contributed by atoms with Gasteiger partial charge in [0.2, 0.25) is 0 Å². The van der Waals surface area contributed by atoms with Gasteiger partial charge in [0.15, 0.2) is 5.78 Å². The summed E-state index contributed by atoms with van der Waals surface area (Å²) >= 11 is 1.73. The van der Waals surface area contributed by atoms with E-state index in [9.17, 15) is 4.79 Å². The van der Waals surface area contributed by atoms with Crippen LogP contribution in [0.1, 0.15) is 56.1 Å². The average molecular weight is 298 g/mol. The van der Waals surface area contributed by atoms with Gasteiger partial charge in [0.05, 0.1) is 4.88 Å². The van der Waals surface area contributed by atoms with E-state index in [4.69, 9.17) is 0 Å². The third-order valence-corrected chi connectivity index (χ3v) is 5.74. The quantitative estimate of drug-likeness (QED) is 0.572. The van der Waals surface area contributed by atoms with Gasteiger partial charge < -0.3 is 0 Å². The molecule has 0 N–H and O–H groups in total. The van der Waals surface area contributed by atoms with Gasteiger partial charge in [-0.3, -0.25) is 4.79 Å². The molecule has 0 amide bonds. The van der Waals surface area contributed by atoms with Crippen LogP contribution in [0.3, 0.4) is 0 Å². The molecule has 1 aromatic carbocycles. The molecule has 0 bridgehead atoms. The third-order valence-electron chi connectivity index (χ3n) is 4.46. The van der Waals surface area contributed by atoms with Crippen LogP contribution in [-0.2, 0) is 19.3 Å². The number of carbonyl (C=O) groups excluding carboxylic acids is 1. The molecule has 110 valence electrons. The fraction of sp³-hybridized carbons (Fsp3) is 0.421. The van der Waals surface area contributed by atoms with Crippen molar-refractivity contribution in [3.63, 3.8) is 0 Å².